The number of nitrogens with zero attached hydrogens (tertiary/aromatic N) is 1. The second-order valence-corrected chi connectivity index (χ2v) is 8.85. The topological polar surface area (TPSA) is 46.3 Å². The molecule has 3 rings (SSSR count). The van der Waals surface area contributed by atoms with Gasteiger partial charge in [-0.05, 0) is 86.1 Å². The molecule has 6 heteroatoms. The number of amides is 1. The van der Waals surface area contributed by atoms with Crippen molar-refractivity contribution in [2.75, 3.05) is 19.6 Å². The number of hydrogen-bond acceptors (Lipinski definition) is 2. The Bertz CT molecular complexity index is 820. The highest BCUT2D eigenvalue weighted by Gasteiger charge is 2.20. The molecule has 1 aliphatic rings. The number of primary amides is 1. The molecule has 1 aliphatic heterocycles. The second-order valence-electron chi connectivity index (χ2n) is 7.15. The Labute approximate surface area is 179 Å². The Kier molecular flexibility index (Phi) is 7.21. The Morgan fingerprint density at radius 1 is 1.15 bits per heavy atom. The van der Waals surface area contributed by atoms with E-state index in [1.807, 2.05) is 24.3 Å². The fraction of sp³-hybridized carbons (Fsp3) is 0.381. The summed E-state index contributed by atoms with van der Waals surface area (Å²) in [4.78, 5) is 13.8. The van der Waals surface area contributed by atoms with E-state index < -0.39 is 5.91 Å². The van der Waals surface area contributed by atoms with E-state index in [1.165, 1.54) is 18.4 Å². The van der Waals surface area contributed by atoms with Crippen molar-refractivity contribution in [3.05, 3.63) is 67.6 Å². The van der Waals surface area contributed by atoms with Crippen LogP contribution < -0.4 is 5.73 Å². The van der Waals surface area contributed by atoms with Crippen LogP contribution in [0.25, 0.3) is 0 Å². The van der Waals surface area contributed by atoms with E-state index in [0.29, 0.717) is 16.5 Å². The van der Waals surface area contributed by atoms with Crippen molar-refractivity contribution in [3.63, 3.8) is 0 Å². The van der Waals surface area contributed by atoms with Gasteiger partial charge in [0.2, 0.25) is 5.91 Å². The summed E-state index contributed by atoms with van der Waals surface area (Å²) in [6.07, 6.45) is 4.38. The summed E-state index contributed by atoms with van der Waals surface area (Å²) in [5, 5.41) is 1.23. The molecule has 1 saturated heterocycles. The molecule has 0 aromatic heterocycles. The highest BCUT2D eigenvalue weighted by Crippen LogP contribution is 2.28. The maximum Gasteiger partial charge on any atom is 0.250 e. The Morgan fingerprint density at radius 3 is 2.56 bits per heavy atom. The number of halogens is 3. The Hall–Kier alpha value is -1.07. The van der Waals surface area contributed by atoms with E-state index in [0.717, 1.165) is 47.5 Å². The molecule has 144 valence electrons. The quantitative estimate of drug-likeness (QED) is 0.619. The number of piperidine rings is 1. The summed E-state index contributed by atoms with van der Waals surface area (Å²) in [5.41, 5.74) is 8.11. The van der Waals surface area contributed by atoms with Gasteiger partial charge in [-0.3, -0.25) is 4.79 Å². The molecule has 0 unspecified atom stereocenters. The van der Waals surface area contributed by atoms with E-state index >= 15 is 0 Å². The zero-order valence-corrected chi connectivity index (χ0v) is 18.2. The van der Waals surface area contributed by atoms with Crippen LogP contribution in [0.3, 0.4) is 0 Å². The van der Waals surface area contributed by atoms with Crippen molar-refractivity contribution < 1.29 is 4.79 Å². The fourth-order valence-corrected chi connectivity index (χ4v) is 4.53. The Balaban J connectivity index is 1.48. The van der Waals surface area contributed by atoms with Crippen LogP contribution in [0.2, 0.25) is 10.0 Å². The molecule has 0 bridgehead atoms. The van der Waals surface area contributed by atoms with Crippen molar-refractivity contribution in [1.29, 1.82) is 0 Å². The zero-order valence-electron chi connectivity index (χ0n) is 15.1. The highest BCUT2D eigenvalue weighted by atomic mass is 79.9. The maximum absolute atomic E-state index is 11.3. The van der Waals surface area contributed by atoms with Gasteiger partial charge in [-0.1, -0.05) is 45.2 Å². The van der Waals surface area contributed by atoms with Gasteiger partial charge in [-0.25, -0.2) is 0 Å². The third kappa shape index (κ3) is 5.71. The van der Waals surface area contributed by atoms with Crippen molar-refractivity contribution in [2.45, 2.75) is 25.7 Å². The smallest absolute Gasteiger partial charge is 0.250 e. The Morgan fingerprint density at radius 2 is 1.89 bits per heavy atom. The molecule has 0 atom stereocenters. The third-order valence-electron chi connectivity index (χ3n) is 5.24. The number of benzene rings is 2. The number of nitrogens with two attached hydrogens (primary N) is 1. The van der Waals surface area contributed by atoms with Gasteiger partial charge in [0.15, 0.2) is 0 Å². The lowest BCUT2D eigenvalue weighted by atomic mass is 9.90. The van der Waals surface area contributed by atoms with Gasteiger partial charge in [0.05, 0.1) is 10.6 Å². The first-order valence-electron chi connectivity index (χ1n) is 9.17. The summed E-state index contributed by atoms with van der Waals surface area (Å²) in [6, 6.07) is 11.5. The van der Waals surface area contributed by atoms with Crippen LogP contribution in [-0.4, -0.2) is 30.4 Å². The lowest BCUT2D eigenvalue weighted by Crippen LogP contribution is -2.35. The number of carbonyl (C=O) groups excluding carboxylic acids is 1. The third-order valence-corrected chi connectivity index (χ3v) is 6.56. The average Bonchev–Trinajstić information content (AvgIpc) is 2.64. The van der Waals surface area contributed by atoms with E-state index in [-0.39, 0.29) is 0 Å². The van der Waals surface area contributed by atoms with E-state index in [1.54, 1.807) is 6.07 Å². The first-order chi connectivity index (χ1) is 12.9. The van der Waals surface area contributed by atoms with Crippen LogP contribution in [0.4, 0.5) is 0 Å². The van der Waals surface area contributed by atoms with Crippen LogP contribution in [0.1, 0.15) is 34.3 Å². The lowest BCUT2D eigenvalue weighted by molar-refractivity contribution is 0.100. The minimum Gasteiger partial charge on any atom is -0.366 e. The van der Waals surface area contributed by atoms with Gasteiger partial charge in [0.1, 0.15) is 0 Å². The van der Waals surface area contributed by atoms with Crippen LogP contribution in [0.5, 0.6) is 0 Å². The fourth-order valence-electron chi connectivity index (χ4n) is 3.63. The molecule has 1 fully saturated rings. The number of rotatable bonds is 6. The van der Waals surface area contributed by atoms with E-state index in [9.17, 15) is 4.79 Å². The van der Waals surface area contributed by atoms with Crippen molar-refractivity contribution >= 4 is 45.0 Å². The van der Waals surface area contributed by atoms with Crippen LogP contribution >= 0.6 is 39.1 Å². The number of carbonyl (C=O) groups is 1. The number of likely N-dealkylation sites (tertiary alicyclic amines) is 1. The molecule has 0 radical (unpaired) electrons. The molecule has 3 nitrogen and oxygen atoms in total. The van der Waals surface area contributed by atoms with Crippen LogP contribution in [0, 0.1) is 5.92 Å². The standard InChI is InChI=1S/C21H23BrCl2N2O/c22-19-4-2-17(23)13-16(19)11-15-6-9-26(10-7-15)8-5-14-1-3-18(21(25)27)20(24)12-14/h1-4,12-13,15H,5-11H2,(H2,25,27). The molecule has 0 spiro atoms. The summed E-state index contributed by atoms with van der Waals surface area (Å²) < 4.78 is 1.14. The molecule has 0 saturated carbocycles. The molecule has 2 aromatic rings. The largest absolute Gasteiger partial charge is 0.366 e. The monoisotopic (exact) mass is 468 g/mol. The highest BCUT2D eigenvalue weighted by molar-refractivity contribution is 9.10. The van der Waals surface area contributed by atoms with Crippen molar-refractivity contribution in [3.8, 4) is 0 Å². The number of hydrogen-bond donors (Lipinski definition) is 1. The lowest BCUT2D eigenvalue weighted by Gasteiger charge is -2.32. The van der Waals surface area contributed by atoms with Crippen molar-refractivity contribution in [1.82, 2.24) is 4.90 Å². The van der Waals surface area contributed by atoms with Crippen molar-refractivity contribution in [2.24, 2.45) is 11.7 Å². The van der Waals surface area contributed by atoms with Gasteiger partial charge >= 0.3 is 0 Å². The SMILES string of the molecule is NC(=O)c1ccc(CCN2CCC(Cc3cc(Cl)ccc3Br)CC2)cc1Cl. The zero-order chi connectivity index (χ0) is 19.4. The summed E-state index contributed by atoms with van der Waals surface area (Å²) >= 11 is 15.9. The van der Waals surface area contributed by atoms with Gasteiger partial charge in [0.25, 0.3) is 0 Å². The minimum atomic E-state index is -0.486. The first kappa shape index (κ1) is 20.7. The molecule has 2 aromatic carbocycles. The molecule has 27 heavy (non-hydrogen) atoms. The maximum atomic E-state index is 11.3. The molecule has 1 heterocycles. The summed E-state index contributed by atoms with van der Waals surface area (Å²) in [6.45, 7) is 3.21. The van der Waals surface area contributed by atoms with Gasteiger partial charge in [0, 0.05) is 16.0 Å². The molecular formula is C21H23BrCl2N2O. The van der Waals surface area contributed by atoms with Crippen LogP contribution in [0.15, 0.2) is 40.9 Å². The minimum absolute atomic E-state index is 0.383. The molecule has 2 N–H and O–H groups in total. The van der Waals surface area contributed by atoms with E-state index in [2.05, 4.69) is 26.9 Å². The second kappa shape index (κ2) is 9.42. The van der Waals surface area contributed by atoms with Gasteiger partial charge in [-0.2, -0.15) is 0 Å². The predicted octanol–water partition coefficient (Wildman–Crippen LogP) is 5.35. The van der Waals surface area contributed by atoms with E-state index in [4.69, 9.17) is 28.9 Å². The molecule has 1 amide bonds. The van der Waals surface area contributed by atoms with Gasteiger partial charge in [-0.15, -0.1) is 0 Å². The first-order valence-corrected chi connectivity index (χ1v) is 10.7. The predicted molar refractivity (Wildman–Crippen MR) is 116 cm³/mol. The summed E-state index contributed by atoms with van der Waals surface area (Å²) in [5.74, 6) is 0.209. The average molecular weight is 470 g/mol. The normalized spacial score (nSPS) is 15.8. The van der Waals surface area contributed by atoms with Gasteiger partial charge < -0.3 is 10.6 Å². The molecular weight excluding hydrogens is 447 g/mol. The van der Waals surface area contributed by atoms with Crippen LogP contribution in [-0.2, 0) is 12.8 Å². The summed E-state index contributed by atoms with van der Waals surface area (Å²) in [7, 11) is 0. The molecule has 0 aliphatic carbocycles.